The lowest BCUT2D eigenvalue weighted by Crippen LogP contribution is -2.23. The van der Waals surface area contributed by atoms with Gasteiger partial charge in [0.1, 0.15) is 0 Å². The van der Waals surface area contributed by atoms with Gasteiger partial charge < -0.3 is 10.1 Å². The summed E-state index contributed by atoms with van der Waals surface area (Å²) < 4.78 is 5.82. The maximum absolute atomic E-state index is 12.4. The van der Waals surface area contributed by atoms with Gasteiger partial charge in [0.15, 0.2) is 0 Å². The molecule has 3 rings (SSSR count). The standard InChI is InChI=1S/C22H19Cl2NO2/c23-19-10-11-20(21(24)12-19)22(26)25-13-17-8-4-5-9-18(17)15-27-14-16-6-2-1-3-7-16/h1-12H,13-15H2,(H,25,26). The van der Waals surface area contributed by atoms with Gasteiger partial charge in [-0.25, -0.2) is 0 Å². The van der Waals surface area contributed by atoms with E-state index in [1.54, 1.807) is 18.2 Å². The molecule has 3 aromatic rings. The summed E-state index contributed by atoms with van der Waals surface area (Å²) in [5.74, 6) is -0.239. The molecule has 0 atom stereocenters. The SMILES string of the molecule is O=C(NCc1ccccc1COCc1ccccc1)c1ccc(Cl)cc1Cl. The summed E-state index contributed by atoms with van der Waals surface area (Å²) in [4.78, 5) is 12.4. The summed E-state index contributed by atoms with van der Waals surface area (Å²) in [6.07, 6.45) is 0. The Labute approximate surface area is 168 Å². The Balaban J connectivity index is 1.59. The van der Waals surface area contributed by atoms with Crippen LogP contribution in [0.5, 0.6) is 0 Å². The van der Waals surface area contributed by atoms with Crippen LogP contribution in [-0.4, -0.2) is 5.91 Å². The summed E-state index contributed by atoms with van der Waals surface area (Å²) in [7, 11) is 0. The van der Waals surface area contributed by atoms with Crippen LogP contribution in [0.4, 0.5) is 0 Å². The first-order chi connectivity index (χ1) is 13.1. The maximum atomic E-state index is 12.4. The Hall–Kier alpha value is -2.33. The van der Waals surface area contributed by atoms with Crippen molar-refractivity contribution in [3.05, 3.63) is 105 Å². The van der Waals surface area contributed by atoms with Crippen LogP contribution < -0.4 is 5.32 Å². The molecule has 5 heteroatoms. The number of amides is 1. The zero-order valence-electron chi connectivity index (χ0n) is 14.6. The fourth-order valence-corrected chi connectivity index (χ4v) is 3.16. The molecule has 0 aliphatic rings. The van der Waals surface area contributed by atoms with Gasteiger partial charge in [0.05, 0.1) is 23.8 Å². The first-order valence-electron chi connectivity index (χ1n) is 8.55. The van der Waals surface area contributed by atoms with E-state index in [9.17, 15) is 4.79 Å². The molecule has 0 aliphatic heterocycles. The molecular weight excluding hydrogens is 381 g/mol. The van der Waals surface area contributed by atoms with Gasteiger partial charge in [-0.15, -0.1) is 0 Å². The maximum Gasteiger partial charge on any atom is 0.253 e. The Kier molecular flexibility index (Phi) is 6.88. The van der Waals surface area contributed by atoms with Crippen LogP contribution in [0.15, 0.2) is 72.8 Å². The fraction of sp³-hybridized carbons (Fsp3) is 0.136. The Morgan fingerprint density at radius 2 is 1.56 bits per heavy atom. The van der Waals surface area contributed by atoms with Crippen molar-refractivity contribution in [3.8, 4) is 0 Å². The molecule has 0 unspecified atom stereocenters. The molecule has 0 bridgehead atoms. The molecular formula is C22H19Cl2NO2. The van der Waals surface area contributed by atoms with E-state index >= 15 is 0 Å². The normalized spacial score (nSPS) is 10.6. The van der Waals surface area contributed by atoms with Crippen molar-refractivity contribution in [2.45, 2.75) is 19.8 Å². The molecule has 3 nitrogen and oxygen atoms in total. The molecule has 0 fully saturated rings. The highest BCUT2D eigenvalue weighted by Gasteiger charge is 2.11. The predicted octanol–water partition coefficient (Wildman–Crippen LogP) is 5.64. The lowest BCUT2D eigenvalue weighted by atomic mass is 10.1. The minimum absolute atomic E-state index is 0.239. The highest BCUT2D eigenvalue weighted by Crippen LogP contribution is 2.21. The number of carbonyl (C=O) groups is 1. The topological polar surface area (TPSA) is 38.3 Å². The van der Waals surface area contributed by atoms with E-state index in [-0.39, 0.29) is 5.91 Å². The van der Waals surface area contributed by atoms with Gasteiger partial charge in [-0.05, 0) is 34.9 Å². The van der Waals surface area contributed by atoms with Gasteiger partial charge in [0.2, 0.25) is 0 Å². The predicted molar refractivity (Wildman–Crippen MR) is 109 cm³/mol. The minimum Gasteiger partial charge on any atom is -0.372 e. The molecule has 0 saturated carbocycles. The summed E-state index contributed by atoms with van der Waals surface area (Å²) in [5, 5.41) is 3.73. The van der Waals surface area contributed by atoms with Gasteiger partial charge in [-0.3, -0.25) is 4.79 Å². The van der Waals surface area contributed by atoms with Crippen LogP contribution in [-0.2, 0) is 24.5 Å². The number of hydrogen-bond acceptors (Lipinski definition) is 2. The number of halogens is 2. The van der Waals surface area contributed by atoms with E-state index in [0.29, 0.717) is 35.4 Å². The van der Waals surface area contributed by atoms with Crippen LogP contribution in [0, 0.1) is 0 Å². The number of rotatable bonds is 7. The van der Waals surface area contributed by atoms with Gasteiger partial charge >= 0.3 is 0 Å². The number of carbonyl (C=O) groups excluding carboxylic acids is 1. The Morgan fingerprint density at radius 1 is 0.852 bits per heavy atom. The fourth-order valence-electron chi connectivity index (χ4n) is 2.67. The third-order valence-electron chi connectivity index (χ3n) is 4.10. The summed E-state index contributed by atoms with van der Waals surface area (Å²) >= 11 is 12.0. The molecule has 3 aromatic carbocycles. The van der Waals surface area contributed by atoms with E-state index in [1.165, 1.54) is 0 Å². The molecule has 0 saturated heterocycles. The molecule has 1 N–H and O–H groups in total. The highest BCUT2D eigenvalue weighted by atomic mass is 35.5. The number of hydrogen-bond donors (Lipinski definition) is 1. The summed E-state index contributed by atoms with van der Waals surface area (Å²) in [5.41, 5.74) is 3.57. The monoisotopic (exact) mass is 399 g/mol. The first kappa shape index (κ1) is 19.4. The van der Waals surface area contributed by atoms with Crippen molar-refractivity contribution < 1.29 is 9.53 Å². The van der Waals surface area contributed by atoms with E-state index in [0.717, 1.165) is 16.7 Å². The average Bonchev–Trinajstić information content (AvgIpc) is 2.68. The second kappa shape index (κ2) is 9.56. The van der Waals surface area contributed by atoms with E-state index in [4.69, 9.17) is 27.9 Å². The van der Waals surface area contributed by atoms with Crippen molar-refractivity contribution in [2.24, 2.45) is 0 Å². The molecule has 27 heavy (non-hydrogen) atoms. The van der Waals surface area contributed by atoms with Crippen LogP contribution in [0.1, 0.15) is 27.0 Å². The third kappa shape index (κ3) is 5.57. The number of nitrogens with one attached hydrogen (secondary N) is 1. The molecule has 0 aliphatic carbocycles. The van der Waals surface area contributed by atoms with Crippen LogP contribution >= 0.6 is 23.2 Å². The van der Waals surface area contributed by atoms with Gasteiger partial charge in [-0.2, -0.15) is 0 Å². The van der Waals surface area contributed by atoms with Crippen LogP contribution in [0.25, 0.3) is 0 Å². The summed E-state index contributed by atoms with van der Waals surface area (Å²) in [6, 6.07) is 22.7. The summed E-state index contributed by atoms with van der Waals surface area (Å²) in [6.45, 7) is 1.41. The molecule has 138 valence electrons. The van der Waals surface area contributed by atoms with Crippen molar-refractivity contribution in [2.75, 3.05) is 0 Å². The lowest BCUT2D eigenvalue weighted by Gasteiger charge is -2.12. The molecule has 0 heterocycles. The second-order valence-electron chi connectivity index (χ2n) is 6.05. The molecule has 0 radical (unpaired) electrons. The minimum atomic E-state index is -0.239. The van der Waals surface area contributed by atoms with Crippen molar-refractivity contribution >= 4 is 29.1 Å². The Bertz CT molecular complexity index is 913. The molecule has 0 aromatic heterocycles. The largest absolute Gasteiger partial charge is 0.372 e. The Morgan fingerprint density at radius 3 is 2.30 bits per heavy atom. The van der Waals surface area contributed by atoms with Gasteiger partial charge in [0.25, 0.3) is 5.91 Å². The third-order valence-corrected chi connectivity index (χ3v) is 4.65. The smallest absolute Gasteiger partial charge is 0.253 e. The van der Waals surface area contributed by atoms with Crippen LogP contribution in [0.2, 0.25) is 10.0 Å². The molecule has 0 spiro atoms. The van der Waals surface area contributed by atoms with Crippen LogP contribution in [0.3, 0.4) is 0 Å². The quantitative estimate of drug-likeness (QED) is 0.557. The van der Waals surface area contributed by atoms with E-state index < -0.39 is 0 Å². The highest BCUT2D eigenvalue weighted by molar-refractivity contribution is 6.36. The van der Waals surface area contributed by atoms with Crippen molar-refractivity contribution in [1.82, 2.24) is 5.32 Å². The first-order valence-corrected chi connectivity index (χ1v) is 9.31. The van der Waals surface area contributed by atoms with Crippen molar-refractivity contribution in [3.63, 3.8) is 0 Å². The zero-order valence-corrected chi connectivity index (χ0v) is 16.1. The van der Waals surface area contributed by atoms with Gasteiger partial charge in [-0.1, -0.05) is 77.8 Å². The second-order valence-corrected chi connectivity index (χ2v) is 6.90. The number of benzene rings is 3. The van der Waals surface area contributed by atoms with E-state index in [2.05, 4.69) is 5.32 Å². The van der Waals surface area contributed by atoms with Gasteiger partial charge in [0, 0.05) is 11.6 Å². The lowest BCUT2D eigenvalue weighted by molar-refractivity contribution is 0.0948. The molecule has 1 amide bonds. The zero-order chi connectivity index (χ0) is 19.1. The van der Waals surface area contributed by atoms with Crippen molar-refractivity contribution in [1.29, 1.82) is 0 Å². The number of ether oxygens (including phenoxy) is 1. The average molecular weight is 400 g/mol. The van der Waals surface area contributed by atoms with E-state index in [1.807, 2.05) is 54.6 Å².